The molecule has 3 fully saturated rings. The Morgan fingerprint density at radius 1 is 1.33 bits per heavy atom. The first-order chi connectivity index (χ1) is 9.88. The highest BCUT2D eigenvalue weighted by Gasteiger charge is 2.69. The van der Waals surface area contributed by atoms with Crippen LogP contribution in [-0.2, 0) is 6.54 Å². The van der Waals surface area contributed by atoms with Gasteiger partial charge in [-0.25, -0.2) is 9.18 Å². The van der Waals surface area contributed by atoms with Gasteiger partial charge in [0.1, 0.15) is 11.4 Å². The average molecular weight is 300 g/mol. The molecular weight excluding hydrogens is 285 g/mol. The molecule has 2 bridgehead atoms. The first-order valence-corrected chi connectivity index (χ1v) is 6.67. The normalized spacial score (nSPS) is 29.3. The summed E-state index contributed by atoms with van der Waals surface area (Å²) in [6.07, 6.45) is 1.14. The van der Waals surface area contributed by atoms with Crippen molar-refractivity contribution in [2.45, 2.75) is 43.6 Å². The van der Waals surface area contributed by atoms with Crippen LogP contribution in [-0.4, -0.2) is 23.9 Å². The Balaban J connectivity index is 1.47. The molecule has 4 rings (SSSR count). The van der Waals surface area contributed by atoms with Gasteiger partial charge in [0.25, 0.3) is 0 Å². The van der Waals surface area contributed by atoms with Crippen LogP contribution in [0.5, 0.6) is 5.75 Å². The molecule has 0 spiro atoms. The van der Waals surface area contributed by atoms with Gasteiger partial charge in [-0.1, -0.05) is 12.1 Å². The molecule has 3 aliphatic carbocycles. The van der Waals surface area contributed by atoms with E-state index in [4.69, 9.17) is 0 Å². The largest absolute Gasteiger partial charge is 0.435 e. The van der Waals surface area contributed by atoms with Crippen LogP contribution in [0.1, 0.15) is 24.8 Å². The molecule has 2 amide bonds. The summed E-state index contributed by atoms with van der Waals surface area (Å²) in [5, 5.41) is 5.39. The molecule has 3 aliphatic rings. The molecule has 0 aliphatic heterocycles. The lowest BCUT2D eigenvalue weighted by molar-refractivity contribution is -0.162. The van der Waals surface area contributed by atoms with E-state index in [0.29, 0.717) is 24.8 Å². The number of benzene rings is 1. The number of urea groups is 1. The van der Waals surface area contributed by atoms with Crippen molar-refractivity contribution in [2.24, 2.45) is 0 Å². The van der Waals surface area contributed by atoms with Gasteiger partial charge in [-0.05, 0) is 17.7 Å². The van der Waals surface area contributed by atoms with Crippen LogP contribution in [0.4, 0.5) is 18.0 Å². The highest BCUT2D eigenvalue weighted by atomic mass is 19.3. The average Bonchev–Trinajstić information content (AvgIpc) is 2.33. The van der Waals surface area contributed by atoms with Crippen LogP contribution in [0.3, 0.4) is 0 Å². The Bertz CT molecular complexity index is 545. The van der Waals surface area contributed by atoms with Crippen LogP contribution in [0.25, 0.3) is 0 Å². The van der Waals surface area contributed by atoms with Gasteiger partial charge < -0.3 is 15.4 Å². The maximum Gasteiger partial charge on any atom is 0.387 e. The number of carbonyl (C=O) groups is 1. The summed E-state index contributed by atoms with van der Waals surface area (Å²) >= 11 is 0. The van der Waals surface area contributed by atoms with E-state index in [2.05, 4.69) is 15.4 Å². The molecule has 2 N–H and O–H groups in total. The molecule has 0 atom stereocenters. The molecule has 0 radical (unpaired) electrons. The van der Waals surface area contributed by atoms with E-state index in [1.54, 1.807) is 12.1 Å². The summed E-state index contributed by atoms with van der Waals surface area (Å²) in [6, 6.07) is 5.73. The third kappa shape index (κ3) is 2.91. The minimum atomic E-state index is -2.88. The van der Waals surface area contributed by atoms with E-state index in [1.165, 1.54) is 12.1 Å². The summed E-state index contributed by atoms with van der Waals surface area (Å²) in [7, 11) is 0. The van der Waals surface area contributed by atoms with Crippen LogP contribution < -0.4 is 15.4 Å². The van der Waals surface area contributed by atoms with Gasteiger partial charge in [-0.2, -0.15) is 8.78 Å². The number of nitrogens with one attached hydrogen (secondary N) is 2. The van der Waals surface area contributed by atoms with Gasteiger partial charge in [0, 0.05) is 25.8 Å². The highest BCUT2D eigenvalue weighted by Crippen LogP contribution is 2.62. The molecule has 3 saturated carbocycles. The van der Waals surface area contributed by atoms with E-state index < -0.39 is 12.3 Å². The lowest BCUT2D eigenvalue weighted by Gasteiger charge is -2.65. The predicted molar refractivity (Wildman–Crippen MR) is 68.9 cm³/mol. The van der Waals surface area contributed by atoms with Crippen molar-refractivity contribution < 1.29 is 22.7 Å². The Labute approximate surface area is 119 Å². The topological polar surface area (TPSA) is 50.4 Å². The van der Waals surface area contributed by atoms with Crippen molar-refractivity contribution in [3.8, 4) is 5.75 Å². The SMILES string of the molecule is O=C(NCc1cccc(OC(F)F)c1)NC12CC(F)(C1)C2. The lowest BCUT2D eigenvalue weighted by atomic mass is 9.47. The van der Waals surface area contributed by atoms with Crippen molar-refractivity contribution >= 4 is 6.03 Å². The van der Waals surface area contributed by atoms with Gasteiger partial charge in [-0.3, -0.25) is 0 Å². The van der Waals surface area contributed by atoms with Gasteiger partial charge in [0.2, 0.25) is 0 Å². The molecule has 21 heavy (non-hydrogen) atoms. The van der Waals surface area contributed by atoms with Crippen molar-refractivity contribution in [3.05, 3.63) is 29.8 Å². The van der Waals surface area contributed by atoms with Crippen LogP contribution in [0.15, 0.2) is 24.3 Å². The maximum atomic E-state index is 13.3. The van der Waals surface area contributed by atoms with E-state index in [1.807, 2.05) is 0 Å². The zero-order chi connectivity index (χ0) is 15.1. The lowest BCUT2D eigenvalue weighted by Crippen LogP contribution is -2.77. The van der Waals surface area contributed by atoms with Crippen molar-refractivity contribution in [1.29, 1.82) is 0 Å². The fourth-order valence-corrected chi connectivity index (χ4v) is 3.10. The van der Waals surface area contributed by atoms with Crippen molar-refractivity contribution in [2.75, 3.05) is 0 Å². The number of hydrogen-bond donors (Lipinski definition) is 2. The molecule has 7 heteroatoms. The molecule has 0 saturated heterocycles. The number of ether oxygens (including phenoxy) is 1. The van der Waals surface area contributed by atoms with E-state index in [-0.39, 0.29) is 23.9 Å². The first-order valence-electron chi connectivity index (χ1n) is 6.67. The molecule has 1 aromatic rings. The fourth-order valence-electron chi connectivity index (χ4n) is 3.10. The maximum absolute atomic E-state index is 13.3. The van der Waals surface area contributed by atoms with Crippen LogP contribution in [0, 0.1) is 0 Å². The summed E-state index contributed by atoms with van der Waals surface area (Å²) in [4.78, 5) is 11.7. The van der Waals surface area contributed by atoms with E-state index in [0.717, 1.165) is 0 Å². The minimum absolute atomic E-state index is 0.0449. The number of hydrogen-bond acceptors (Lipinski definition) is 2. The monoisotopic (exact) mass is 300 g/mol. The van der Waals surface area contributed by atoms with E-state index in [9.17, 15) is 18.0 Å². The first kappa shape index (κ1) is 14.0. The number of alkyl halides is 3. The Kier molecular flexibility index (Phi) is 3.22. The zero-order valence-electron chi connectivity index (χ0n) is 11.2. The number of rotatable bonds is 5. The molecule has 0 unspecified atom stereocenters. The molecular formula is C14H15F3N2O2. The second-order valence-corrected chi connectivity index (χ2v) is 5.80. The van der Waals surface area contributed by atoms with Crippen molar-refractivity contribution in [1.82, 2.24) is 10.6 Å². The summed E-state index contributed by atoms with van der Waals surface area (Å²) in [5.74, 6) is 0.0449. The zero-order valence-corrected chi connectivity index (χ0v) is 11.2. The van der Waals surface area contributed by atoms with Gasteiger partial charge in [-0.15, -0.1) is 0 Å². The molecule has 0 heterocycles. The Morgan fingerprint density at radius 3 is 2.67 bits per heavy atom. The van der Waals surface area contributed by atoms with Gasteiger partial charge in [0.15, 0.2) is 0 Å². The molecule has 4 nitrogen and oxygen atoms in total. The Morgan fingerprint density at radius 2 is 2.05 bits per heavy atom. The smallest absolute Gasteiger partial charge is 0.387 e. The third-order valence-corrected chi connectivity index (χ3v) is 3.92. The molecule has 0 aromatic heterocycles. The number of amides is 2. The molecule has 1 aromatic carbocycles. The molecule has 114 valence electrons. The second-order valence-electron chi connectivity index (χ2n) is 5.80. The van der Waals surface area contributed by atoms with Crippen LogP contribution in [0.2, 0.25) is 0 Å². The Hall–Kier alpha value is -1.92. The second kappa shape index (κ2) is 4.82. The third-order valence-electron chi connectivity index (χ3n) is 3.92. The summed E-state index contributed by atoms with van der Waals surface area (Å²) in [6.45, 7) is -2.70. The summed E-state index contributed by atoms with van der Waals surface area (Å²) < 4.78 is 41.8. The van der Waals surface area contributed by atoms with Crippen molar-refractivity contribution in [3.63, 3.8) is 0 Å². The number of halogens is 3. The van der Waals surface area contributed by atoms with E-state index >= 15 is 0 Å². The number of carbonyl (C=O) groups excluding carboxylic acids is 1. The summed E-state index contributed by atoms with van der Waals surface area (Å²) in [5.41, 5.74) is -0.795. The van der Waals surface area contributed by atoms with Gasteiger partial charge >= 0.3 is 12.6 Å². The predicted octanol–water partition coefficient (Wildman–Crippen LogP) is 2.73. The quantitative estimate of drug-likeness (QED) is 0.878. The standard InChI is InChI=1S/C14H15F3N2O2/c15-11(16)21-10-3-1-2-9(4-10)5-18-12(20)19-14-6-13(17,7-14)8-14/h1-4,11H,5-8H2,(H2,18,19,20). The van der Waals surface area contributed by atoms with Crippen LogP contribution >= 0.6 is 0 Å². The highest BCUT2D eigenvalue weighted by molar-refractivity contribution is 5.75. The minimum Gasteiger partial charge on any atom is -0.435 e. The van der Waals surface area contributed by atoms with Gasteiger partial charge in [0.05, 0.1) is 5.54 Å². The fraction of sp³-hybridized carbons (Fsp3) is 0.500.